The summed E-state index contributed by atoms with van der Waals surface area (Å²) in [7, 11) is 1.24. The Balaban J connectivity index is 1.92. The Hall–Kier alpha value is -3.90. The van der Waals surface area contributed by atoms with Crippen LogP contribution in [0.5, 0.6) is 0 Å². The maximum absolute atomic E-state index is 13.8. The third kappa shape index (κ3) is 9.05. The Morgan fingerprint density at radius 1 is 0.927 bits per heavy atom. The number of thiazole rings is 1. The highest BCUT2D eigenvalue weighted by Gasteiger charge is 2.33. The van der Waals surface area contributed by atoms with Crippen LogP contribution in [0.1, 0.15) is 61.3 Å². The molecule has 12 heteroatoms. The first-order chi connectivity index (χ1) is 19.4. The zero-order valence-corrected chi connectivity index (χ0v) is 25.4. The number of nitrogens with one attached hydrogen (secondary N) is 3. The number of anilines is 1. The number of alkyl carbamates (subject to hydrolysis) is 1. The third-order valence-corrected chi connectivity index (χ3v) is 7.41. The van der Waals surface area contributed by atoms with Gasteiger partial charge in [-0.05, 0) is 50.3 Å². The van der Waals surface area contributed by atoms with E-state index in [0.717, 1.165) is 21.8 Å². The van der Waals surface area contributed by atoms with Crippen molar-refractivity contribution in [3.63, 3.8) is 0 Å². The predicted octanol–water partition coefficient (Wildman–Crippen LogP) is 5.14. The standard InChI is InChI=1S/C29H34N4O6S2/c1-17(18-10-8-7-9-11-18)22(24(34)33-27-30-21(16-41-27)26(36)38-5)31-25(35)23(32-28(37)39-29(2,3)4)19-12-14-20(40-6)15-13-19/h7-17,22-23H,1-6H3,(H,31,35)(H,32,37)(H,30,33,34). The second kappa shape index (κ2) is 14.1. The summed E-state index contributed by atoms with van der Waals surface area (Å²) in [6, 6.07) is 14.2. The SMILES string of the molecule is COC(=O)c1csc(NC(=O)C(NC(=O)C(NC(=O)OC(C)(C)C)c2ccc(SC)cc2)C(C)c2ccccc2)n1. The molecule has 3 amide bonds. The van der Waals surface area contributed by atoms with Gasteiger partial charge >= 0.3 is 12.1 Å². The van der Waals surface area contributed by atoms with Gasteiger partial charge in [0.15, 0.2) is 10.8 Å². The molecule has 0 radical (unpaired) electrons. The molecule has 1 heterocycles. The average Bonchev–Trinajstić information content (AvgIpc) is 3.41. The number of aromatic nitrogens is 1. The van der Waals surface area contributed by atoms with E-state index in [0.29, 0.717) is 5.56 Å². The molecule has 0 fully saturated rings. The van der Waals surface area contributed by atoms with Crippen LogP contribution in [0, 0.1) is 0 Å². The van der Waals surface area contributed by atoms with Crippen LogP contribution in [0.2, 0.25) is 0 Å². The van der Waals surface area contributed by atoms with E-state index < -0.39 is 47.5 Å². The molecule has 2 aromatic carbocycles. The number of methoxy groups -OCH3 is 1. The highest BCUT2D eigenvalue weighted by molar-refractivity contribution is 7.98. The molecule has 3 N–H and O–H groups in total. The molecule has 3 aromatic rings. The molecule has 0 saturated carbocycles. The molecule has 3 unspecified atom stereocenters. The van der Waals surface area contributed by atoms with Gasteiger partial charge in [0.2, 0.25) is 11.8 Å². The lowest BCUT2D eigenvalue weighted by molar-refractivity contribution is -0.128. The molecule has 0 bridgehead atoms. The van der Waals surface area contributed by atoms with Gasteiger partial charge in [0.05, 0.1) is 7.11 Å². The number of rotatable bonds is 10. The minimum atomic E-state index is -1.15. The van der Waals surface area contributed by atoms with Crippen molar-refractivity contribution in [3.05, 3.63) is 76.8 Å². The van der Waals surface area contributed by atoms with E-state index in [9.17, 15) is 19.2 Å². The van der Waals surface area contributed by atoms with Gasteiger partial charge in [0, 0.05) is 16.2 Å². The molecule has 0 aliphatic rings. The van der Waals surface area contributed by atoms with Crippen LogP contribution in [0.4, 0.5) is 9.93 Å². The van der Waals surface area contributed by atoms with E-state index in [4.69, 9.17) is 4.74 Å². The Kier molecular flexibility index (Phi) is 10.9. The fourth-order valence-corrected chi connectivity index (χ4v) is 4.93. The summed E-state index contributed by atoms with van der Waals surface area (Å²) in [6.07, 6.45) is 1.16. The Morgan fingerprint density at radius 2 is 1.59 bits per heavy atom. The van der Waals surface area contributed by atoms with Crippen LogP contribution >= 0.6 is 23.1 Å². The summed E-state index contributed by atoms with van der Waals surface area (Å²) in [5, 5.41) is 9.81. The molecular weight excluding hydrogens is 564 g/mol. The van der Waals surface area contributed by atoms with Crippen LogP contribution in [0.25, 0.3) is 0 Å². The molecule has 1 aromatic heterocycles. The number of hydrogen-bond acceptors (Lipinski definition) is 9. The van der Waals surface area contributed by atoms with Gasteiger partial charge in [-0.3, -0.25) is 9.59 Å². The quantitative estimate of drug-likeness (QED) is 0.216. The summed E-state index contributed by atoms with van der Waals surface area (Å²) >= 11 is 2.60. The number of benzene rings is 2. The van der Waals surface area contributed by atoms with Gasteiger partial charge in [0.25, 0.3) is 0 Å². The van der Waals surface area contributed by atoms with Gasteiger partial charge in [-0.1, -0.05) is 49.4 Å². The Bertz CT molecular complexity index is 1360. The molecule has 10 nitrogen and oxygen atoms in total. The molecule has 0 aliphatic carbocycles. The fourth-order valence-electron chi connectivity index (χ4n) is 3.84. The van der Waals surface area contributed by atoms with Gasteiger partial charge in [0.1, 0.15) is 17.7 Å². The number of carbonyl (C=O) groups excluding carboxylic acids is 4. The van der Waals surface area contributed by atoms with E-state index >= 15 is 0 Å². The van der Waals surface area contributed by atoms with Gasteiger partial charge in [-0.15, -0.1) is 23.1 Å². The van der Waals surface area contributed by atoms with Crippen molar-refractivity contribution < 1.29 is 28.7 Å². The number of ether oxygens (including phenoxy) is 2. The molecule has 218 valence electrons. The number of amides is 3. The normalized spacial score (nSPS) is 13.3. The lowest BCUT2D eigenvalue weighted by Crippen LogP contribution is -2.51. The van der Waals surface area contributed by atoms with Crippen LogP contribution in [0.3, 0.4) is 0 Å². The molecule has 3 rings (SSSR count). The lowest BCUT2D eigenvalue weighted by Gasteiger charge is -2.28. The minimum absolute atomic E-state index is 0.0554. The maximum Gasteiger partial charge on any atom is 0.408 e. The first-order valence-electron chi connectivity index (χ1n) is 12.7. The first kappa shape index (κ1) is 31.6. The number of nitrogens with zero attached hydrogens (tertiary/aromatic N) is 1. The molecule has 0 spiro atoms. The van der Waals surface area contributed by atoms with E-state index in [1.165, 1.54) is 12.5 Å². The summed E-state index contributed by atoms with van der Waals surface area (Å²) in [5.41, 5.74) is 0.595. The van der Waals surface area contributed by atoms with Crippen LogP contribution in [0.15, 0.2) is 64.9 Å². The number of hydrogen-bond donors (Lipinski definition) is 3. The van der Waals surface area contributed by atoms with Gasteiger partial charge < -0.3 is 25.4 Å². The Labute approximate surface area is 247 Å². The predicted molar refractivity (Wildman–Crippen MR) is 159 cm³/mol. The van der Waals surface area contributed by atoms with E-state index in [2.05, 4.69) is 25.7 Å². The number of thioether (sulfide) groups is 1. The van der Waals surface area contributed by atoms with Crippen molar-refractivity contribution in [2.45, 2.75) is 56.2 Å². The summed E-state index contributed by atoms with van der Waals surface area (Å²) in [5.74, 6) is -2.26. The second-order valence-corrected chi connectivity index (χ2v) is 11.8. The summed E-state index contributed by atoms with van der Waals surface area (Å²) in [4.78, 5) is 57.0. The van der Waals surface area contributed by atoms with Gasteiger partial charge in [-0.25, -0.2) is 14.6 Å². The van der Waals surface area contributed by atoms with Crippen molar-refractivity contribution in [3.8, 4) is 0 Å². The molecule has 0 saturated heterocycles. The highest BCUT2D eigenvalue weighted by atomic mass is 32.2. The van der Waals surface area contributed by atoms with Crippen LogP contribution < -0.4 is 16.0 Å². The zero-order chi connectivity index (χ0) is 30.2. The molecule has 0 aliphatic heterocycles. The van der Waals surface area contributed by atoms with Crippen molar-refractivity contribution >= 4 is 52.1 Å². The number of carbonyl (C=O) groups is 4. The van der Waals surface area contributed by atoms with E-state index in [1.807, 2.05) is 55.6 Å². The number of esters is 1. The van der Waals surface area contributed by atoms with E-state index in [-0.39, 0.29) is 10.8 Å². The van der Waals surface area contributed by atoms with Crippen molar-refractivity contribution in [2.75, 3.05) is 18.7 Å². The van der Waals surface area contributed by atoms with E-state index in [1.54, 1.807) is 44.7 Å². The van der Waals surface area contributed by atoms with Crippen LogP contribution in [-0.2, 0) is 19.1 Å². The van der Waals surface area contributed by atoms with Crippen molar-refractivity contribution in [1.82, 2.24) is 15.6 Å². The summed E-state index contributed by atoms with van der Waals surface area (Å²) in [6.45, 7) is 6.98. The Morgan fingerprint density at radius 3 is 2.17 bits per heavy atom. The molecular formula is C29H34N4O6S2. The second-order valence-electron chi connectivity index (χ2n) is 10.1. The molecule has 3 atom stereocenters. The maximum atomic E-state index is 13.8. The monoisotopic (exact) mass is 598 g/mol. The van der Waals surface area contributed by atoms with Crippen molar-refractivity contribution in [2.24, 2.45) is 0 Å². The minimum Gasteiger partial charge on any atom is -0.464 e. The average molecular weight is 599 g/mol. The largest absolute Gasteiger partial charge is 0.464 e. The zero-order valence-electron chi connectivity index (χ0n) is 23.7. The smallest absolute Gasteiger partial charge is 0.408 e. The fraction of sp³-hybridized carbons (Fsp3) is 0.345. The lowest BCUT2D eigenvalue weighted by atomic mass is 9.92. The van der Waals surface area contributed by atoms with Crippen molar-refractivity contribution in [1.29, 1.82) is 0 Å². The summed E-state index contributed by atoms with van der Waals surface area (Å²) < 4.78 is 10.1. The third-order valence-electron chi connectivity index (χ3n) is 5.91. The molecule has 41 heavy (non-hydrogen) atoms. The van der Waals surface area contributed by atoms with Gasteiger partial charge in [-0.2, -0.15) is 0 Å². The first-order valence-corrected chi connectivity index (χ1v) is 14.9. The van der Waals surface area contributed by atoms with Crippen LogP contribution in [-0.4, -0.2) is 53.9 Å². The topological polar surface area (TPSA) is 136 Å². The highest BCUT2D eigenvalue weighted by Crippen LogP contribution is 2.25.